The number of ether oxygens (including phenoxy) is 1. The minimum Gasteiger partial charge on any atom is -0.488 e. The lowest BCUT2D eigenvalue weighted by Gasteiger charge is -2.11. The Morgan fingerprint density at radius 2 is 1.76 bits per heavy atom. The van der Waals surface area contributed by atoms with Gasteiger partial charge >= 0.3 is 0 Å². The lowest BCUT2D eigenvalue weighted by Crippen LogP contribution is -2.13. The molecular weight excluding hydrogens is 528 g/mol. The summed E-state index contributed by atoms with van der Waals surface area (Å²) < 4.78 is 42.8. The van der Waals surface area contributed by atoms with Crippen LogP contribution in [0.25, 0.3) is 44.4 Å². The summed E-state index contributed by atoms with van der Waals surface area (Å²) in [6.07, 6.45) is 1.36. The predicted octanol–water partition coefficient (Wildman–Crippen LogP) is 6.16. The summed E-state index contributed by atoms with van der Waals surface area (Å²) in [5.41, 5.74) is 8.12. The topological polar surface area (TPSA) is 109 Å². The fourth-order valence-corrected chi connectivity index (χ4v) is 4.91. The quantitative estimate of drug-likeness (QED) is 0.252. The normalized spacial score (nSPS) is 11.5. The zero-order valence-corrected chi connectivity index (χ0v) is 22.3. The highest BCUT2D eigenvalue weighted by Crippen LogP contribution is 2.33. The average Bonchev–Trinajstić information content (AvgIpc) is 3.33. The molecule has 0 aliphatic rings. The summed E-state index contributed by atoms with van der Waals surface area (Å²) in [5, 5.41) is 5.08. The van der Waals surface area contributed by atoms with E-state index in [2.05, 4.69) is 9.97 Å². The van der Waals surface area contributed by atoms with Gasteiger partial charge in [-0.15, -0.1) is 0 Å². The number of halogens is 2. The number of anilines is 1. The molecule has 0 atom stereocenters. The summed E-state index contributed by atoms with van der Waals surface area (Å²) in [5.74, 6) is -0.489. The van der Waals surface area contributed by atoms with E-state index in [-0.39, 0.29) is 47.2 Å². The molecule has 41 heavy (non-hydrogen) atoms. The van der Waals surface area contributed by atoms with Gasteiger partial charge in [0.15, 0.2) is 17.2 Å². The Bertz CT molecular complexity index is 1970. The van der Waals surface area contributed by atoms with E-state index in [9.17, 15) is 13.6 Å². The number of nitrogen functional groups attached to an aromatic ring is 1. The molecule has 0 bridgehead atoms. The Kier molecular flexibility index (Phi) is 6.66. The van der Waals surface area contributed by atoms with Gasteiger partial charge in [0.25, 0.3) is 0 Å². The number of benzene rings is 3. The molecule has 0 saturated heterocycles. The Labute approximate surface area is 233 Å². The Hall–Kier alpha value is -5.12. The highest BCUT2D eigenvalue weighted by Gasteiger charge is 2.22. The minimum atomic E-state index is -0.646. The number of rotatable bonds is 7. The second kappa shape index (κ2) is 10.5. The van der Waals surface area contributed by atoms with Crippen LogP contribution < -0.4 is 15.9 Å². The van der Waals surface area contributed by atoms with Crippen molar-refractivity contribution in [3.8, 4) is 28.1 Å². The molecule has 0 amide bonds. The van der Waals surface area contributed by atoms with Crippen LogP contribution >= 0.6 is 0 Å². The van der Waals surface area contributed by atoms with Crippen LogP contribution in [0.1, 0.15) is 19.6 Å². The molecule has 0 unspecified atom stereocenters. The first-order chi connectivity index (χ1) is 19.8. The number of aryl methyl sites for hydroxylation is 2. The van der Waals surface area contributed by atoms with Crippen molar-refractivity contribution in [3.63, 3.8) is 0 Å². The van der Waals surface area contributed by atoms with Gasteiger partial charge in [-0.05, 0) is 49.7 Å². The monoisotopic (exact) mass is 553 g/mol. The van der Waals surface area contributed by atoms with Crippen molar-refractivity contribution in [1.29, 1.82) is 0 Å². The van der Waals surface area contributed by atoms with Gasteiger partial charge in [0, 0.05) is 12.0 Å². The van der Waals surface area contributed by atoms with Gasteiger partial charge in [-0.1, -0.05) is 36.4 Å². The molecule has 6 aromatic rings. The highest BCUT2D eigenvalue weighted by molar-refractivity contribution is 5.98. The summed E-state index contributed by atoms with van der Waals surface area (Å²) in [6, 6.07) is 17.9. The van der Waals surface area contributed by atoms with Crippen LogP contribution in [0.2, 0.25) is 0 Å². The molecule has 3 aromatic carbocycles. The Balaban J connectivity index is 1.44. The zero-order chi connectivity index (χ0) is 28.7. The van der Waals surface area contributed by atoms with Gasteiger partial charge in [-0.25, -0.2) is 23.4 Å². The van der Waals surface area contributed by atoms with E-state index in [1.54, 1.807) is 47.1 Å². The fraction of sp³-hybridized carbons (Fsp3) is 0.161. The SMILES string of the molecule is CC(C)Oc1ccc(-c2nn(CCc3oc4cccc(F)c4c(=O)c3-c3ccccc3)c3ncnc(N)c23)cc1F. The Morgan fingerprint density at radius 1 is 0.951 bits per heavy atom. The lowest BCUT2D eigenvalue weighted by molar-refractivity contribution is 0.231. The molecule has 0 radical (unpaired) electrons. The van der Waals surface area contributed by atoms with Crippen LogP contribution in [-0.2, 0) is 13.0 Å². The lowest BCUT2D eigenvalue weighted by atomic mass is 10.0. The smallest absolute Gasteiger partial charge is 0.203 e. The van der Waals surface area contributed by atoms with E-state index >= 15 is 0 Å². The molecule has 0 aliphatic heterocycles. The van der Waals surface area contributed by atoms with Gasteiger partial charge in [-0.2, -0.15) is 5.10 Å². The van der Waals surface area contributed by atoms with Gasteiger partial charge in [0.05, 0.1) is 23.6 Å². The molecule has 8 nitrogen and oxygen atoms in total. The van der Waals surface area contributed by atoms with E-state index in [0.717, 1.165) is 0 Å². The maximum Gasteiger partial charge on any atom is 0.203 e. The van der Waals surface area contributed by atoms with Crippen molar-refractivity contribution in [2.75, 3.05) is 5.73 Å². The molecule has 0 saturated carbocycles. The highest BCUT2D eigenvalue weighted by atomic mass is 19.1. The third kappa shape index (κ3) is 4.77. The Morgan fingerprint density at radius 3 is 2.51 bits per heavy atom. The molecule has 206 valence electrons. The number of hydrogen-bond acceptors (Lipinski definition) is 7. The third-order valence-electron chi connectivity index (χ3n) is 6.68. The zero-order valence-electron chi connectivity index (χ0n) is 22.3. The number of aromatic nitrogens is 4. The van der Waals surface area contributed by atoms with E-state index in [4.69, 9.17) is 20.0 Å². The minimum absolute atomic E-state index is 0.102. The van der Waals surface area contributed by atoms with Gasteiger partial charge in [-0.3, -0.25) is 4.79 Å². The molecular formula is C31H25F2N5O3. The van der Waals surface area contributed by atoms with Gasteiger partial charge in [0.1, 0.15) is 40.4 Å². The molecule has 3 heterocycles. The summed E-state index contributed by atoms with van der Waals surface area (Å²) in [7, 11) is 0. The van der Waals surface area contributed by atoms with Crippen LogP contribution in [0.4, 0.5) is 14.6 Å². The summed E-state index contributed by atoms with van der Waals surface area (Å²) in [4.78, 5) is 22.0. The molecule has 10 heteroatoms. The molecule has 0 aliphatic carbocycles. The molecule has 0 spiro atoms. The first kappa shape index (κ1) is 26.1. The predicted molar refractivity (Wildman–Crippen MR) is 152 cm³/mol. The van der Waals surface area contributed by atoms with Crippen LogP contribution in [-0.4, -0.2) is 25.9 Å². The molecule has 3 aromatic heterocycles. The van der Waals surface area contributed by atoms with E-state index in [1.165, 1.54) is 24.5 Å². The number of hydrogen-bond donors (Lipinski definition) is 1. The maximum atomic E-state index is 14.9. The number of nitrogens with zero attached hydrogens (tertiary/aromatic N) is 4. The van der Waals surface area contributed by atoms with E-state index < -0.39 is 17.1 Å². The number of nitrogens with two attached hydrogens (primary N) is 1. The maximum absolute atomic E-state index is 14.9. The van der Waals surface area contributed by atoms with Gasteiger partial charge < -0.3 is 14.9 Å². The van der Waals surface area contributed by atoms with Crippen LogP contribution in [0.3, 0.4) is 0 Å². The number of fused-ring (bicyclic) bond motifs is 2. The van der Waals surface area contributed by atoms with Crippen LogP contribution in [0.15, 0.2) is 82.3 Å². The largest absolute Gasteiger partial charge is 0.488 e. The molecule has 6 rings (SSSR count). The van der Waals surface area contributed by atoms with Crippen molar-refractivity contribution < 1.29 is 17.9 Å². The van der Waals surface area contributed by atoms with E-state index in [1.807, 2.05) is 19.9 Å². The van der Waals surface area contributed by atoms with Crippen molar-refractivity contribution in [2.24, 2.45) is 0 Å². The van der Waals surface area contributed by atoms with E-state index in [0.29, 0.717) is 33.6 Å². The van der Waals surface area contributed by atoms with Crippen molar-refractivity contribution in [2.45, 2.75) is 32.9 Å². The standard InChI is InChI=1S/C31H25F2N5O3/c1-17(2)40-22-12-11-19(15-21(22)33)28-27-30(34)35-16-36-31(27)38(37-28)14-13-24-25(18-7-4-3-5-8-18)29(39)26-20(32)9-6-10-23(26)41-24/h3-12,15-17H,13-14H2,1-2H3,(H2,34,35,36). The van der Waals surface area contributed by atoms with Crippen LogP contribution in [0.5, 0.6) is 5.75 Å². The van der Waals surface area contributed by atoms with Crippen molar-refractivity contribution >= 4 is 27.8 Å². The first-order valence-electron chi connectivity index (χ1n) is 13.0. The summed E-state index contributed by atoms with van der Waals surface area (Å²) in [6.45, 7) is 3.86. The first-order valence-corrected chi connectivity index (χ1v) is 13.0. The second-order valence-corrected chi connectivity index (χ2v) is 9.80. The average molecular weight is 554 g/mol. The second-order valence-electron chi connectivity index (χ2n) is 9.80. The van der Waals surface area contributed by atoms with Crippen molar-refractivity contribution in [1.82, 2.24) is 19.7 Å². The van der Waals surface area contributed by atoms with Crippen LogP contribution in [0, 0.1) is 11.6 Å². The van der Waals surface area contributed by atoms with Crippen molar-refractivity contribution in [3.05, 3.63) is 101 Å². The van der Waals surface area contributed by atoms with Gasteiger partial charge in [0.2, 0.25) is 5.43 Å². The molecule has 0 fully saturated rings. The fourth-order valence-electron chi connectivity index (χ4n) is 4.91. The molecule has 2 N–H and O–H groups in total. The summed E-state index contributed by atoms with van der Waals surface area (Å²) >= 11 is 0. The third-order valence-corrected chi connectivity index (χ3v) is 6.68.